The van der Waals surface area contributed by atoms with Crippen molar-refractivity contribution < 1.29 is 9.84 Å². The molecule has 21 heavy (non-hydrogen) atoms. The molecule has 1 aromatic heterocycles. The van der Waals surface area contributed by atoms with Crippen LogP contribution in [0.5, 0.6) is 0 Å². The molecule has 0 amide bonds. The van der Waals surface area contributed by atoms with Crippen LogP contribution in [0.15, 0.2) is 6.07 Å². The third kappa shape index (κ3) is 3.39. The van der Waals surface area contributed by atoms with Gasteiger partial charge in [0, 0.05) is 25.7 Å². The van der Waals surface area contributed by atoms with Crippen molar-refractivity contribution in [2.24, 2.45) is 0 Å². The number of aliphatic hydroxyl groups is 1. The largest absolute Gasteiger partial charge is 0.393 e. The fourth-order valence-corrected chi connectivity index (χ4v) is 2.98. The first-order valence-electron chi connectivity index (χ1n) is 7.45. The zero-order chi connectivity index (χ0) is 14.8. The molecule has 0 aliphatic carbocycles. The summed E-state index contributed by atoms with van der Waals surface area (Å²) < 4.78 is 5.45. The predicted molar refractivity (Wildman–Crippen MR) is 82.1 cm³/mol. The number of piperidine rings is 1. The molecule has 0 bridgehead atoms. The molecule has 3 heterocycles. The summed E-state index contributed by atoms with van der Waals surface area (Å²) in [5.41, 5.74) is 0. The van der Waals surface area contributed by atoms with Crippen LogP contribution < -0.4 is 9.80 Å². The third-order valence-corrected chi connectivity index (χ3v) is 4.28. The Morgan fingerprint density at radius 3 is 2.76 bits per heavy atom. The highest BCUT2D eigenvalue weighted by molar-refractivity contribution is 6.29. The summed E-state index contributed by atoms with van der Waals surface area (Å²) in [4.78, 5) is 13.3. The summed E-state index contributed by atoms with van der Waals surface area (Å²) in [5.74, 6) is 1.51. The molecule has 7 heteroatoms. The van der Waals surface area contributed by atoms with Crippen LogP contribution in [0.2, 0.25) is 5.15 Å². The van der Waals surface area contributed by atoms with E-state index in [1.165, 1.54) is 0 Å². The van der Waals surface area contributed by atoms with Crippen molar-refractivity contribution in [1.82, 2.24) is 9.97 Å². The molecule has 1 N–H and O–H groups in total. The van der Waals surface area contributed by atoms with E-state index in [2.05, 4.69) is 26.7 Å². The summed E-state index contributed by atoms with van der Waals surface area (Å²) in [7, 11) is 0. The topological polar surface area (TPSA) is 61.7 Å². The quantitative estimate of drug-likeness (QED) is 0.831. The first kappa shape index (κ1) is 14.8. The van der Waals surface area contributed by atoms with Crippen molar-refractivity contribution in [2.45, 2.75) is 31.9 Å². The lowest BCUT2D eigenvalue weighted by Crippen LogP contribution is -2.45. The second-order valence-electron chi connectivity index (χ2n) is 5.68. The Kier molecular flexibility index (Phi) is 4.47. The van der Waals surface area contributed by atoms with Crippen molar-refractivity contribution in [3.63, 3.8) is 0 Å². The van der Waals surface area contributed by atoms with Crippen LogP contribution in [0.1, 0.15) is 19.8 Å². The number of anilines is 2. The van der Waals surface area contributed by atoms with Crippen LogP contribution in [-0.4, -0.2) is 60.1 Å². The van der Waals surface area contributed by atoms with E-state index in [0.29, 0.717) is 24.3 Å². The number of aromatic nitrogens is 2. The van der Waals surface area contributed by atoms with Crippen LogP contribution in [0.25, 0.3) is 0 Å². The van der Waals surface area contributed by atoms with Gasteiger partial charge < -0.3 is 19.6 Å². The molecule has 0 saturated carbocycles. The van der Waals surface area contributed by atoms with Crippen LogP contribution in [0.4, 0.5) is 11.8 Å². The van der Waals surface area contributed by atoms with E-state index in [-0.39, 0.29) is 12.1 Å². The van der Waals surface area contributed by atoms with Crippen molar-refractivity contribution in [3.8, 4) is 0 Å². The Labute approximate surface area is 129 Å². The molecular weight excluding hydrogens is 292 g/mol. The van der Waals surface area contributed by atoms with Gasteiger partial charge in [0.25, 0.3) is 0 Å². The van der Waals surface area contributed by atoms with Crippen molar-refractivity contribution in [3.05, 3.63) is 11.2 Å². The Hall–Kier alpha value is -1.11. The van der Waals surface area contributed by atoms with Crippen LogP contribution in [-0.2, 0) is 4.74 Å². The number of halogens is 1. The van der Waals surface area contributed by atoms with Crippen LogP contribution in [0, 0.1) is 0 Å². The monoisotopic (exact) mass is 312 g/mol. The molecule has 1 unspecified atom stereocenters. The van der Waals surface area contributed by atoms with Gasteiger partial charge in [-0.15, -0.1) is 0 Å². The molecule has 3 rings (SSSR count). The number of nitrogens with zero attached hydrogens (tertiary/aromatic N) is 4. The fourth-order valence-electron chi connectivity index (χ4n) is 2.80. The van der Waals surface area contributed by atoms with E-state index in [9.17, 15) is 5.11 Å². The minimum Gasteiger partial charge on any atom is -0.393 e. The van der Waals surface area contributed by atoms with E-state index in [1.54, 1.807) is 6.07 Å². The summed E-state index contributed by atoms with van der Waals surface area (Å²) >= 11 is 6.18. The van der Waals surface area contributed by atoms with Crippen molar-refractivity contribution in [1.29, 1.82) is 0 Å². The Bertz CT molecular complexity index is 494. The van der Waals surface area contributed by atoms with Crippen molar-refractivity contribution >= 4 is 23.4 Å². The van der Waals surface area contributed by atoms with Gasteiger partial charge in [-0.3, -0.25) is 0 Å². The van der Waals surface area contributed by atoms with E-state index in [1.807, 2.05) is 0 Å². The first-order chi connectivity index (χ1) is 10.1. The summed E-state index contributed by atoms with van der Waals surface area (Å²) in [6.07, 6.45) is 1.34. The zero-order valence-corrected chi connectivity index (χ0v) is 13.0. The van der Waals surface area contributed by atoms with Gasteiger partial charge in [0.15, 0.2) is 0 Å². The summed E-state index contributed by atoms with van der Waals surface area (Å²) in [5, 5.41) is 10.1. The first-order valence-corrected chi connectivity index (χ1v) is 7.83. The molecule has 1 atom stereocenters. The lowest BCUT2D eigenvalue weighted by atomic mass is 10.1. The average Bonchev–Trinajstić information content (AvgIpc) is 2.48. The molecule has 0 aromatic carbocycles. The number of hydrogen-bond acceptors (Lipinski definition) is 6. The van der Waals surface area contributed by atoms with Crippen LogP contribution in [0.3, 0.4) is 0 Å². The molecule has 2 aliphatic heterocycles. The maximum atomic E-state index is 9.61. The van der Waals surface area contributed by atoms with Gasteiger partial charge in [0.1, 0.15) is 11.0 Å². The number of aliphatic hydroxyl groups excluding tert-OH is 1. The van der Waals surface area contributed by atoms with E-state index in [4.69, 9.17) is 16.3 Å². The van der Waals surface area contributed by atoms with E-state index >= 15 is 0 Å². The molecule has 116 valence electrons. The summed E-state index contributed by atoms with van der Waals surface area (Å²) in [6, 6.07) is 2.04. The van der Waals surface area contributed by atoms with Gasteiger partial charge in [-0.1, -0.05) is 11.6 Å². The maximum Gasteiger partial charge on any atom is 0.229 e. The molecule has 2 saturated heterocycles. The molecule has 6 nitrogen and oxygen atoms in total. The highest BCUT2D eigenvalue weighted by atomic mass is 35.5. The fraction of sp³-hybridized carbons (Fsp3) is 0.714. The van der Waals surface area contributed by atoms with Gasteiger partial charge in [-0.05, 0) is 19.8 Å². The maximum absolute atomic E-state index is 9.61. The Morgan fingerprint density at radius 2 is 2.05 bits per heavy atom. The SMILES string of the molecule is CC1COCCN1c1nc(Cl)cc(N2CCC(O)CC2)n1. The normalized spacial score (nSPS) is 24.4. The molecule has 2 aliphatic rings. The highest BCUT2D eigenvalue weighted by Crippen LogP contribution is 2.25. The van der Waals surface area contributed by atoms with Gasteiger partial charge in [-0.2, -0.15) is 4.98 Å². The molecular formula is C14H21ClN4O2. The van der Waals surface area contributed by atoms with E-state index in [0.717, 1.165) is 38.3 Å². The molecule has 0 spiro atoms. The Morgan fingerprint density at radius 1 is 1.29 bits per heavy atom. The smallest absolute Gasteiger partial charge is 0.229 e. The third-order valence-electron chi connectivity index (χ3n) is 4.08. The number of ether oxygens (including phenoxy) is 1. The van der Waals surface area contributed by atoms with Gasteiger partial charge >= 0.3 is 0 Å². The second-order valence-corrected chi connectivity index (χ2v) is 6.07. The van der Waals surface area contributed by atoms with Crippen LogP contribution >= 0.6 is 11.6 Å². The minimum atomic E-state index is -0.197. The lowest BCUT2D eigenvalue weighted by Gasteiger charge is -2.35. The minimum absolute atomic E-state index is 0.197. The van der Waals surface area contributed by atoms with Gasteiger partial charge in [0.2, 0.25) is 5.95 Å². The highest BCUT2D eigenvalue weighted by Gasteiger charge is 2.24. The number of morpholine rings is 1. The molecule has 0 radical (unpaired) electrons. The zero-order valence-electron chi connectivity index (χ0n) is 12.2. The van der Waals surface area contributed by atoms with Crippen molar-refractivity contribution in [2.75, 3.05) is 42.6 Å². The van der Waals surface area contributed by atoms with E-state index < -0.39 is 0 Å². The molecule has 1 aromatic rings. The lowest BCUT2D eigenvalue weighted by molar-refractivity contribution is 0.0981. The summed E-state index contributed by atoms with van der Waals surface area (Å²) in [6.45, 7) is 5.84. The van der Waals surface area contributed by atoms with Gasteiger partial charge in [0.05, 0.1) is 25.4 Å². The Balaban J connectivity index is 1.82. The number of hydrogen-bond donors (Lipinski definition) is 1. The van der Waals surface area contributed by atoms with Gasteiger partial charge in [-0.25, -0.2) is 4.98 Å². The molecule has 2 fully saturated rings. The average molecular weight is 313 g/mol. The second kappa shape index (κ2) is 6.34. The standard InChI is InChI=1S/C14H21ClN4O2/c1-10-9-21-7-6-19(10)14-16-12(15)8-13(17-14)18-4-2-11(20)3-5-18/h8,10-11,20H,2-7,9H2,1H3. The number of rotatable bonds is 2. The predicted octanol–water partition coefficient (Wildman–Crippen LogP) is 1.32.